The summed E-state index contributed by atoms with van der Waals surface area (Å²) in [6.07, 6.45) is 6.73. The van der Waals surface area contributed by atoms with Gasteiger partial charge in [0.15, 0.2) is 0 Å². The van der Waals surface area contributed by atoms with Crippen molar-refractivity contribution < 1.29 is 9.90 Å². The molecule has 1 fully saturated rings. The molecule has 1 saturated carbocycles. The van der Waals surface area contributed by atoms with E-state index in [1.165, 1.54) is 19.3 Å². The van der Waals surface area contributed by atoms with Crippen molar-refractivity contribution in [1.29, 1.82) is 0 Å². The lowest BCUT2D eigenvalue weighted by Crippen LogP contribution is -2.37. The van der Waals surface area contributed by atoms with Crippen LogP contribution in [0.2, 0.25) is 0 Å². The van der Waals surface area contributed by atoms with Gasteiger partial charge in [0.2, 0.25) is 0 Å². The third kappa shape index (κ3) is 2.42. The van der Waals surface area contributed by atoms with Gasteiger partial charge in [-0.05, 0) is 30.6 Å². The molecule has 0 heterocycles. The third-order valence-electron chi connectivity index (χ3n) is 4.17. The second kappa shape index (κ2) is 3.99. The number of allylic oxidation sites excluding steroid dienone is 1. The van der Waals surface area contributed by atoms with Crippen LogP contribution in [-0.4, -0.2) is 11.1 Å². The van der Waals surface area contributed by atoms with Crippen LogP contribution in [0.3, 0.4) is 0 Å². The summed E-state index contributed by atoms with van der Waals surface area (Å²) >= 11 is 0. The molecule has 1 aliphatic carbocycles. The predicted octanol–water partition coefficient (Wildman–Crippen LogP) is 3.62. The van der Waals surface area contributed by atoms with Crippen LogP contribution in [0, 0.1) is 10.8 Å². The Hall–Kier alpha value is -0.790. The zero-order chi connectivity index (χ0) is 11.7. The summed E-state index contributed by atoms with van der Waals surface area (Å²) in [4.78, 5) is 10.9. The number of aliphatic carboxylic acids is 1. The Morgan fingerprint density at radius 1 is 1.20 bits per heavy atom. The second-order valence-corrected chi connectivity index (χ2v) is 5.64. The van der Waals surface area contributed by atoms with Crippen LogP contribution in [0.5, 0.6) is 0 Å². The van der Waals surface area contributed by atoms with Gasteiger partial charge in [-0.15, -0.1) is 0 Å². The van der Waals surface area contributed by atoms with Crippen molar-refractivity contribution in [2.45, 2.75) is 53.4 Å². The van der Waals surface area contributed by atoms with Crippen LogP contribution in [0.4, 0.5) is 0 Å². The Kier molecular flexibility index (Phi) is 3.27. The van der Waals surface area contributed by atoms with E-state index in [2.05, 4.69) is 20.8 Å². The van der Waals surface area contributed by atoms with Crippen molar-refractivity contribution >= 4 is 5.97 Å². The third-order valence-corrected chi connectivity index (χ3v) is 4.17. The maximum atomic E-state index is 10.9. The molecular formula is C13H22O2. The first-order valence-corrected chi connectivity index (χ1v) is 5.71. The summed E-state index contributed by atoms with van der Waals surface area (Å²) < 4.78 is 0. The van der Waals surface area contributed by atoms with E-state index in [1.807, 2.05) is 6.08 Å². The molecule has 2 nitrogen and oxygen atoms in total. The van der Waals surface area contributed by atoms with Gasteiger partial charge < -0.3 is 5.11 Å². The minimum Gasteiger partial charge on any atom is -0.478 e. The fourth-order valence-electron chi connectivity index (χ4n) is 2.49. The molecule has 0 saturated heterocycles. The number of hydrogen-bond acceptors (Lipinski definition) is 1. The molecule has 1 N–H and O–H groups in total. The standard InChI is InChI=1S/C13H22O2/c1-10(11(14)15)9-13(4)8-6-5-7-12(13,2)3/h9H,5-8H2,1-4H3,(H,14,15)/b10-9+. The van der Waals surface area contributed by atoms with Crippen LogP contribution in [0.15, 0.2) is 11.6 Å². The molecule has 15 heavy (non-hydrogen) atoms. The summed E-state index contributed by atoms with van der Waals surface area (Å²) in [5.41, 5.74) is 0.725. The largest absolute Gasteiger partial charge is 0.478 e. The molecule has 0 bridgehead atoms. The quantitative estimate of drug-likeness (QED) is 0.707. The van der Waals surface area contributed by atoms with Crippen LogP contribution in [-0.2, 0) is 4.79 Å². The Morgan fingerprint density at radius 3 is 2.20 bits per heavy atom. The van der Waals surface area contributed by atoms with Crippen molar-refractivity contribution in [2.75, 3.05) is 0 Å². The van der Waals surface area contributed by atoms with Crippen LogP contribution < -0.4 is 0 Å². The summed E-state index contributed by atoms with van der Waals surface area (Å²) in [5.74, 6) is -0.794. The monoisotopic (exact) mass is 210 g/mol. The van der Waals surface area contributed by atoms with E-state index in [-0.39, 0.29) is 10.8 Å². The molecule has 86 valence electrons. The molecule has 1 rings (SSSR count). The predicted molar refractivity (Wildman–Crippen MR) is 61.7 cm³/mol. The van der Waals surface area contributed by atoms with Gasteiger partial charge >= 0.3 is 5.97 Å². The fraction of sp³-hybridized carbons (Fsp3) is 0.769. The van der Waals surface area contributed by atoms with Gasteiger partial charge in [-0.1, -0.05) is 39.7 Å². The number of carbonyl (C=O) groups is 1. The molecular weight excluding hydrogens is 188 g/mol. The molecule has 2 heteroatoms. The minimum absolute atomic E-state index is 0.0354. The van der Waals surface area contributed by atoms with E-state index in [0.717, 1.165) is 6.42 Å². The SMILES string of the molecule is C/C(=C\C1(C)CCCCC1(C)C)C(=O)O. The van der Waals surface area contributed by atoms with Crippen LogP contribution >= 0.6 is 0 Å². The average molecular weight is 210 g/mol. The van der Waals surface area contributed by atoms with Gasteiger partial charge in [-0.25, -0.2) is 4.79 Å². The zero-order valence-electron chi connectivity index (χ0n) is 10.3. The number of rotatable bonds is 2. The second-order valence-electron chi connectivity index (χ2n) is 5.64. The molecule has 0 amide bonds. The van der Waals surface area contributed by atoms with E-state index in [4.69, 9.17) is 5.11 Å². The summed E-state index contributed by atoms with van der Waals surface area (Å²) in [7, 11) is 0. The minimum atomic E-state index is -0.794. The molecule has 0 aromatic rings. The number of hydrogen-bond donors (Lipinski definition) is 1. The van der Waals surface area contributed by atoms with E-state index in [9.17, 15) is 4.79 Å². The fourth-order valence-corrected chi connectivity index (χ4v) is 2.49. The molecule has 0 aromatic carbocycles. The maximum Gasteiger partial charge on any atom is 0.330 e. The zero-order valence-corrected chi connectivity index (χ0v) is 10.3. The van der Waals surface area contributed by atoms with Gasteiger partial charge in [0.1, 0.15) is 0 Å². The molecule has 0 spiro atoms. The molecule has 1 atom stereocenters. The molecule has 0 aliphatic heterocycles. The van der Waals surface area contributed by atoms with Gasteiger partial charge in [0.25, 0.3) is 0 Å². The first-order chi connectivity index (χ1) is 6.78. The van der Waals surface area contributed by atoms with Gasteiger partial charge in [0, 0.05) is 5.57 Å². The highest BCUT2D eigenvalue weighted by atomic mass is 16.4. The Labute approximate surface area is 92.4 Å². The van der Waals surface area contributed by atoms with Crippen molar-refractivity contribution in [3.8, 4) is 0 Å². The van der Waals surface area contributed by atoms with Gasteiger partial charge in [0.05, 0.1) is 0 Å². The van der Waals surface area contributed by atoms with Crippen molar-refractivity contribution in [3.05, 3.63) is 11.6 Å². The smallest absolute Gasteiger partial charge is 0.330 e. The lowest BCUT2D eigenvalue weighted by Gasteiger charge is -2.46. The maximum absolute atomic E-state index is 10.9. The number of carboxylic acids is 1. The molecule has 0 aromatic heterocycles. The first kappa shape index (κ1) is 12.3. The molecule has 0 radical (unpaired) electrons. The Balaban J connectivity index is 2.98. The summed E-state index contributed by atoms with van der Waals surface area (Å²) in [6.45, 7) is 8.38. The Bertz CT molecular complexity index is 289. The normalized spacial score (nSPS) is 31.3. The lowest BCUT2D eigenvalue weighted by atomic mass is 9.58. The van der Waals surface area contributed by atoms with E-state index < -0.39 is 5.97 Å². The highest BCUT2D eigenvalue weighted by Crippen LogP contribution is 2.51. The highest BCUT2D eigenvalue weighted by Gasteiger charge is 2.41. The summed E-state index contributed by atoms with van der Waals surface area (Å²) in [5, 5.41) is 8.93. The van der Waals surface area contributed by atoms with Gasteiger partial charge in [-0.3, -0.25) is 0 Å². The highest BCUT2D eigenvalue weighted by molar-refractivity contribution is 5.85. The first-order valence-electron chi connectivity index (χ1n) is 5.71. The average Bonchev–Trinajstić information content (AvgIpc) is 2.10. The Morgan fingerprint density at radius 2 is 1.73 bits per heavy atom. The molecule has 1 unspecified atom stereocenters. The van der Waals surface area contributed by atoms with E-state index >= 15 is 0 Å². The van der Waals surface area contributed by atoms with Gasteiger partial charge in [-0.2, -0.15) is 0 Å². The topological polar surface area (TPSA) is 37.3 Å². The van der Waals surface area contributed by atoms with E-state index in [1.54, 1.807) is 6.92 Å². The van der Waals surface area contributed by atoms with Crippen LogP contribution in [0.1, 0.15) is 53.4 Å². The van der Waals surface area contributed by atoms with Crippen molar-refractivity contribution in [3.63, 3.8) is 0 Å². The summed E-state index contributed by atoms with van der Waals surface area (Å²) in [6, 6.07) is 0. The molecule has 1 aliphatic rings. The van der Waals surface area contributed by atoms with Crippen molar-refractivity contribution in [2.24, 2.45) is 10.8 Å². The van der Waals surface area contributed by atoms with Crippen molar-refractivity contribution in [1.82, 2.24) is 0 Å². The lowest BCUT2D eigenvalue weighted by molar-refractivity contribution is -0.132. The van der Waals surface area contributed by atoms with E-state index in [0.29, 0.717) is 5.57 Å². The van der Waals surface area contributed by atoms with Crippen LogP contribution in [0.25, 0.3) is 0 Å². The number of carboxylic acid groups (broad SMARTS) is 1.